The van der Waals surface area contributed by atoms with Crippen molar-refractivity contribution in [2.75, 3.05) is 32.6 Å². The minimum atomic E-state index is -0.0320. The molecule has 3 heterocycles. The van der Waals surface area contributed by atoms with Crippen LogP contribution >= 0.6 is 0 Å². The maximum absolute atomic E-state index is 12.1. The third-order valence-corrected chi connectivity index (χ3v) is 6.45. The quantitative estimate of drug-likeness (QED) is 0.536. The number of benzene rings is 1. The zero-order chi connectivity index (χ0) is 23.7. The number of carbonyl (C=O) groups excluding carboxylic acids is 1. The van der Waals surface area contributed by atoms with E-state index < -0.39 is 0 Å². The maximum Gasteiger partial charge on any atom is 0.220 e. The van der Waals surface area contributed by atoms with Crippen molar-refractivity contribution >= 4 is 22.6 Å². The molecule has 7 nitrogen and oxygen atoms in total. The summed E-state index contributed by atoms with van der Waals surface area (Å²) in [6, 6.07) is 11.1. The number of rotatable bonds is 7. The van der Waals surface area contributed by atoms with Crippen LogP contribution in [0.15, 0.2) is 36.5 Å². The number of para-hydroxylation sites is 1. The number of hydrogen-bond donors (Lipinski definition) is 0. The Morgan fingerprint density at radius 2 is 1.91 bits per heavy atom. The first kappa shape index (κ1) is 23.2. The average molecular weight is 449 g/mol. The van der Waals surface area contributed by atoms with Crippen LogP contribution in [0.4, 0.5) is 5.82 Å². The van der Waals surface area contributed by atoms with E-state index in [0.29, 0.717) is 12.6 Å². The van der Waals surface area contributed by atoms with E-state index in [1.54, 1.807) is 6.92 Å². The fraction of sp³-hybridized carbons (Fsp3) is 0.500. The molecule has 0 N–H and O–H groups in total. The Morgan fingerprint density at radius 1 is 1.15 bits per heavy atom. The van der Waals surface area contributed by atoms with Crippen LogP contribution < -0.4 is 4.90 Å². The van der Waals surface area contributed by atoms with Crippen molar-refractivity contribution in [2.45, 2.75) is 58.8 Å². The van der Waals surface area contributed by atoms with Crippen molar-refractivity contribution < 1.29 is 4.79 Å². The van der Waals surface area contributed by atoms with Crippen LogP contribution in [-0.2, 0) is 17.9 Å². The molecule has 1 unspecified atom stereocenters. The monoisotopic (exact) mass is 448 g/mol. The van der Waals surface area contributed by atoms with Gasteiger partial charge in [-0.2, -0.15) is 0 Å². The van der Waals surface area contributed by atoms with Gasteiger partial charge < -0.3 is 14.4 Å². The van der Waals surface area contributed by atoms with Crippen molar-refractivity contribution in [2.24, 2.45) is 0 Å². The highest BCUT2D eigenvalue weighted by Crippen LogP contribution is 2.31. The van der Waals surface area contributed by atoms with Crippen LogP contribution in [0.25, 0.3) is 10.9 Å². The summed E-state index contributed by atoms with van der Waals surface area (Å²) in [5.74, 6) is 1.74. The minimum absolute atomic E-state index is 0.0320. The van der Waals surface area contributed by atoms with Gasteiger partial charge in [-0.25, -0.2) is 9.97 Å². The van der Waals surface area contributed by atoms with Crippen molar-refractivity contribution in [3.8, 4) is 0 Å². The number of nitrogens with zero attached hydrogens (tertiary/aromatic N) is 6. The van der Waals surface area contributed by atoms with Gasteiger partial charge >= 0.3 is 0 Å². The normalized spacial score (nSPS) is 16.4. The SMILES string of the molecule is CC(=O)N1CCCC1c1nc(CN(C)Cc2cn(C(C)C)c3ccccc23)cc(N(C)C)n1. The minimum Gasteiger partial charge on any atom is -0.363 e. The molecule has 4 rings (SSSR count). The van der Waals surface area contributed by atoms with Gasteiger partial charge in [0, 0.05) is 69.9 Å². The van der Waals surface area contributed by atoms with E-state index in [-0.39, 0.29) is 11.9 Å². The molecule has 7 heteroatoms. The number of carbonyl (C=O) groups is 1. The zero-order valence-corrected chi connectivity index (χ0v) is 20.7. The van der Waals surface area contributed by atoms with Gasteiger partial charge in [0.05, 0.1) is 11.7 Å². The Balaban J connectivity index is 1.59. The largest absolute Gasteiger partial charge is 0.363 e. The third kappa shape index (κ3) is 4.88. The number of fused-ring (bicyclic) bond motifs is 1. The fourth-order valence-corrected chi connectivity index (χ4v) is 4.83. The Hall–Kier alpha value is -2.93. The Bertz CT molecular complexity index is 1140. The van der Waals surface area contributed by atoms with E-state index >= 15 is 0 Å². The fourth-order valence-electron chi connectivity index (χ4n) is 4.83. The molecule has 1 aliphatic rings. The van der Waals surface area contributed by atoms with Crippen LogP contribution in [0, 0.1) is 0 Å². The molecule has 0 aliphatic carbocycles. The van der Waals surface area contributed by atoms with Crippen LogP contribution in [-0.4, -0.2) is 57.9 Å². The Morgan fingerprint density at radius 3 is 2.61 bits per heavy atom. The van der Waals surface area contributed by atoms with E-state index in [9.17, 15) is 4.79 Å². The maximum atomic E-state index is 12.1. The Labute approximate surface area is 197 Å². The summed E-state index contributed by atoms with van der Waals surface area (Å²) in [6.07, 6.45) is 4.20. The first-order valence-corrected chi connectivity index (χ1v) is 11.8. The lowest BCUT2D eigenvalue weighted by Crippen LogP contribution is -2.30. The summed E-state index contributed by atoms with van der Waals surface area (Å²) in [7, 11) is 6.13. The van der Waals surface area contributed by atoms with E-state index in [1.165, 1.54) is 16.5 Å². The summed E-state index contributed by atoms with van der Waals surface area (Å²) >= 11 is 0. The zero-order valence-electron chi connectivity index (χ0n) is 20.7. The van der Waals surface area contributed by atoms with Gasteiger partial charge in [-0.05, 0) is 45.4 Å². The predicted octanol–water partition coefficient (Wildman–Crippen LogP) is 4.39. The number of anilines is 1. The van der Waals surface area contributed by atoms with E-state index in [2.05, 4.69) is 66.9 Å². The highest BCUT2D eigenvalue weighted by Gasteiger charge is 2.30. The Kier molecular flexibility index (Phi) is 6.70. The van der Waals surface area contributed by atoms with Gasteiger partial charge in [0.1, 0.15) is 5.82 Å². The summed E-state index contributed by atoms with van der Waals surface area (Å²) in [6.45, 7) is 8.41. The molecular weight excluding hydrogens is 412 g/mol. The molecular formula is C26H36N6O. The van der Waals surface area contributed by atoms with Gasteiger partial charge in [0.25, 0.3) is 0 Å². The molecule has 1 atom stereocenters. The summed E-state index contributed by atoms with van der Waals surface area (Å²) in [4.78, 5) is 28.1. The molecule has 1 saturated heterocycles. The average Bonchev–Trinajstić information content (AvgIpc) is 3.39. The molecule has 176 valence electrons. The van der Waals surface area contributed by atoms with Crippen LogP contribution in [0.2, 0.25) is 0 Å². The molecule has 1 aromatic carbocycles. The second kappa shape index (κ2) is 9.51. The highest BCUT2D eigenvalue weighted by molar-refractivity contribution is 5.84. The molecule has 0 saturated carbocycles. The van der Waals surface area contributed by atoms with Crippen molar-refractivity contribution in [1.29, 1.82) is 0 Å². The van der Waals surface area contributed by atoms with Gasteiger partial charge in [-0.1, -0.05) is 18.2 Å². The standard InChI is InChI=1S/C26H36N6O/c1-18(2)32-16-20(22-10-7-8-11-23(22)32)15-30(6)17-21-14-25(29(4)5)28-26(27-21)24-12-9-13-31(24)19(3)33/h7-8,10-11,14,16,18,24H,9,12-13,15,17H2,1-6H3. The van der Waals surface area contributed by atoms with Gasteiger partial charge in [0.2, 0.25) is 5.91 Å². The molecule has 0 radical (unpaired) electrons. The molecule has 1 fully saturated rings. The molecule has 1 aliphatic heterocycles. The van der Waals surface area contributed by atoms with Crippen molar-refractivity contribution in [3.05, 3.63) is 53.6 Å². The van der Waals surface area contributed by atoms with Gasteiger partial charge in [0.15, 0.2) is 5.82 Å². The lowest BCUT2D eigenvalue weighted by atomic mass is 10.1. The molecule has 3 aromatic rings. The smallest absolute Gasteiger partial charge is 0.220 e. The first-order chi connectivity index (χ1) is 15.7. The summed E-state index contributed by atoms with van der Waals surface area (Å²) in [5, 5.41) is 1.30. The number of aromatic nitrogens is 3. The van der Waals surface area contributed by atoms with E-state index in [1.807, 2.05) is 23.9 Å². The number of likely N-dealkylation sites (tertiary alicyclic amines) is 1. The van der Waals surface area contributed by atoms with Crippen LogP contribution in [0.5, 0.6) is 0 Å². The van der Waals surface area contributed by atoms with Gasteiger partial charge in [-0.15, -0.1) is 0 Å². The predicted molar refractivity (Wildman–Crippen MR) is 133 cm³/mol. The van der Waals surface area contributed by atoms with E-state index in [0.717, 1.165) is 43.3 Å². The van der Waals surface area contributed by atoms with Crippen LogP contribution in [0.3, 0.4) is 0 Å². The van der Waals surface area contributed by atoms with Crippen LogP contribution in [0.1, 0.15) is 62.8 Å². The lowest BCUT2D eigenvalue weighted by Gasteiger charge is -2.24. The van der Waals surface area contributed by atoms with Crippen molar-refractivity contribution in [3.63, 3.8) is 0 Å². The highest BCUT2D eigenvalue weighted by atomic mass is 16.2. The molecule has 0 spiro atoms. The molecule has 0 bridgehead atoms. The summed E-state index contributed by atoms with van der Waals surface area (Å²) in [5.41, 5.74) is 3.58. The third-order valence-electron chi connectivity index (χ3n) is 6.45. The second-order valence-corrected chi connectivity index (χ2v) is 9.69. The first-order valence-electron chi connectivity index (χ1n) is 11.8. The molecule has 33 heavy (non-hydrogen) atoms. The second-order valence-electron chi connectivity index (χ2n) is 9.69. The topological polar surface area (TPSA) is 57.5 Å². The lowest BCUT2D eigenvalue weighted by molar-refractivity contribution is -0.129. The summed E-state index contributed by atoms with van der Waals surface area (Å²) < 4.78 is 2.35. The number of hydrogen-bond acceptors (Lipinski definition) is 5. The number of amides is 1. The van der Waals surface area contributed by atoms with Gasteiger partial charge in [-0.3, -0.25) is 9.69 Å². The molecule has 2 aromatic heterocycles. The molecule has 1 amide bonds. The van der Waals surface area contributed by atoms with Crippen molar-refractivity contribution in [1.82, 2.24) is 24.3 Å². The van der Waals surface area contributed by atoms with E-state index in [4.69, 9.17) is 9.97 Å².